The fraction of sp³-hybridized carbons (Fsp3) is 0.636. The van der Waals surface area contributed by atoms with Crippen molar-refractivity contribution in [3.05, 3.63) is 22.4 Å². The van der Waals surface area contributed by atoms with Crippen LogP contribution in [0.1, 0.15) is 24.2 Å². The molecule has 1 aromatic rings. The molecule has 0 saturated heterocycles. The van der Waals surface area contributed by atoms with E-state index in [9.17, 15) is 0 Å². The number of thiophene rings is 1. The lowest BCUT2D eigenvalue weighted by Gasteiger charge is -2.19. The molecule has 0 aliphatic carbocycles. The van der Waals surface area contributed by atoms with Gasteiger partial charge in [0.1, 0.15) is 0 Å². The monoisotopic (exact) mass is 245 g/mol. The van der Waals surface area contributed by atoms with Gasteiger partial charge in [-0.05, 0) is 41.5 Å². The summed E-state index contributed by atoms with van der Waals surface area (Å²) in [6.45, 7) is 2.91. The maximum absolute atomic E-state index is 6.00. The quantitative estimate of drug-likeness (QED) is 0.750. The maximum atomic E-state index is 6.00. The van der Waals surface area contributed by atoms with Gasteiger partial charge in [0.05, 0.1) is 0 Å². The highest BCUT2D eigenvalue weighted by molar-refractivity contribution is 7.99. The number of thioether (sulfide) groups is 1. The molecule has 0 amide bonds. The number of nitrogens with two attached hydrogens (primary N) is 1. The Morgan fingerprint density at radius 1 is 1.60 bits per heavy atom. The van der Waals surface area contributed by atoms with Crippen LogP contribution in [0.3, 0.4) is 0 Å². The van der Waals surface area contributed by atoms with Crippen molar-refractivity contribution in [3.8, 4) is 0 Å². The highest BCUT2D eigenvalue weighted by Gasteiger charge is 2.16. The lowest BCUT2D eigenvalue weighted by atomic mass is 10.1. The fourth-order valence-electron chi connectivity index (χ4n) is 1.40. The number of hydrogen-bond acceptors (Lipinski definition) is 4. The molecule has 0 saturated carbocycles. The molecule has 0 aromatic carbocycles. The van der Waals surface area contributed by atoms with Crippen molar-refractivity contribution in [2.75, 3.05) is 19.5 Å². The Morgan fingerprint density at radius 2 is 2.40 bits per heavy atom. The third kappa shape index (κ3) is 4.55. The van der Waals surface area contributed by atoms with Gasteiger partial charge in [0.15, 0.2) is 0 Å². The predicted molar refractivity (Wildman–Crippen MR) is 69.7 cm³/mol. The molecule has 0 radical (unpaired) electrons. The summed E-state index contributed by atoms with van der Waals surface area (Å²) in [5.41, 5.74) is 7.35. The molecule has 2 unspecified atom stereocenters. The highest BCUT2D eigenvalue weighted by atomic mass is 32.2. The number of methoxy groups -OCH3 is 1. The van der Waals surface area contributed by atoms with Crippen LogP contribution in [0.5, 0.6) is 0 Å². The molecule has 0 aliphatic heterocycles. The molecule has 86 valence electrons. The topological polar surface area (TPSA) is 35.2 Å². The van der Waals surface area contributed by atoms with Gasteiger partial charge in [-0.1, -0.05) is 0 Å². The summed E-state index contributed by atoms with van der Waals surface area (Å²) >= 11 is 3.66. The normalized spacial score (nSPS) is 15.1. The van der Waals surface area contributed by atoms with Gasteiger partial charge in [0.25, 0.3) is 0 Å². The molecule has 0 aliphatic rings. The largest absolute Gasteiger partial charge is 0.385 e. The third-order valence-corrected chi connectivity index (χ3v) is 4.43. The van der Waals surface area contributed by atoms with E-state index in [2.05, 4.69) is 23.8 Å². The minimum Gasteiger partial charge on any atom is -0.385 e. The van der Waals surface area contributed by atoms with E-state index in [1.807, 2.05) is 11.8 Å². The van der Waals surface area contributed by atoms with Crippen molar-refractivity contribution >= 4 is 23.1 Å². The highest BCUT2D eigenvalue weighted by Crippen LogP contribution is 2.32. The van der Waals surface area contributed by atoms with E-state index in [0.29, 0.717) is 5.25 Å². The van der Waals surface area contributed by atoms with Crippen LogP contribution >= 0.6 is 23.1 Å². The zero-order valence-corrected chi connectivity index (χ0v) is 10.9. The second-order valence-electron chi connectivity index (χ2n) is 3.55. The summed E-state index contributed by atoms with van der Waals surface area (Å²) in [5.74, 6) is 1.11. The number of ether oxygens (including phenoxy) is 1. The molecule has 15 heavy (non-hydrogen) atoms. The Balaban J connectivity index is 2.39. The molecular weight excluding hydrogens is 226 g/mol. The molecule has 1 rings (SSSR count). The summed E-state index contributed by atoms with van der Waals surface area (Å²) in [7, 11) is 1.74. The molecule has 2 nitrogen and oxygen atoms in total. The van der Waals surface area contributed by atoms with Crippen molar-refractivity contribution in [3.63, 3.8) is 0 Å². The summed E-state index contributed by atoms with van der Waals surface area (Å²) in [5, 5.41) is 4.73. The van der Waals surface area contributed by atoms with Crippen LogP contribution in [0, 0.1) is 0 Å². The van der Waals surface area contributed by atoms with E-state index in [1.165, 1.54) is 5.56 Å². The molecule has 1 heterocycles. The van der Waals surface area contributed by atoms with Gasteiger partial charge in [0, 0.05) is 25.0 Å². The smallest absolute Gasteiger partial charge is 0.0470 e. The maximum Gasteiger partial charge on any atom is 0.0470 e. The van der Waals surface area contributed by atoms with Crippen LogP contribution in [0.4, 0.5) is 0 Å². The molecule has 0 spiro atoms. The lowest BCUT2D eigenvalue weighted by molar-refractivity contribution is 0.200. The molecule has 0 bridgehead atoms. The predicted octanol–water partition coefficient (Wildman–Crippen LogP) is 2.91. The van der Waals surface area contributed by atoms with Crippen LogP contribution in [0.25, 0.3) is 0 Å². The van der Waals surface area contributed by atoms with Crippen molar-refractivity contribution in [1.29, 1.82) is 0 Å². The first kappa shape index (κ1) is 13.0. The van der Waals surface area contributed by atoms with E-state index in [1.54, 1.807) is 18.4 Å². The first-order valence-electron chi connectivity index (χ1n) is 5.14. The first-order chi connectivity index (χ1) is 7.25. The fourth-order valence-corrected chi connectivity index (χ4v) is 3.37. The Hall–Kier alpha value is -0.0300. The second kappa shape index (κ2) is 7.28. The molecule has 4 heteroatoms. The van der Waals surface area contributed by atoms with Crippen LogP contribution in [0.15, 0.2) is 16.8 Å². The Morgan fingerprint density at radius 3 is 2.93 bits per heavy atom. The van der Waals surface area contributed by atoms with Crippen LogP contribution in [-0.4, -0.2) is 25.5 Å². The minimum absolute atomic E-state index is 0.201. The minimum atomic E-state index is 0.201. The molecule has 2 atom stereocenters. The lowest BCUT2D eigenvalue weighted by Crippen LogP contribution is -2.22. The van der Waals surface area contributed by atoms with Gasteiger partial charge in [-0.25, -0.2) is 0 Å². The van der Waals surface area contributed by atoms with Crippen molar-refractivity contribution < 1.29 is 4.74 Å². The third-order valence-electron chi connectivity index (χ3n) is 2.14. The van der Waals surface area contributed by atoms with Gasteiger partial charge in [-0.2, -0.15) is 23.1 Å². The van der Waals surface area contributed by atoms with Crippen molar-refractivity contribution in [2.45, 2.75) is 24.6 Å². The van der Waals surface area contributed by atoms with Gasteiger partial charge in [-0.15, -0.1) is 0 Å². The summed E-state index contributed by atoms with van der Waals surface area (Å²) in [6.07, 6.45) is 1.09. The van der Waals surface area contributed by atoms with E-state index < -0.39 is 0 Å². The van der Waals surface area contributed by atoms with E-state index in [-0.39, 0.29) is 6.04 Å². The molecule has 0 fully saturated rings. The average Bonchev–Trinajstić information content (AvgIpc) is 2.70. The molecule has 1 aromatic heterocycles. The van der Waals surface area contributed by atoms with Crippen molar-refractivity contribution in [1.82, 2.24) is 0 Å². The zero-order chi connectivity index (χ0) is 11.1. The molecule has 2 N–H and O–H groups in total. The van der Waals surface area contributed by atoms with E-state index in [4.69, 9.17) is 10.5 Å². The first-order valence-corrected chi connectivity index (χ1v) is 7.13. The van der Waals surface area contributed by atoms with Gasteiger partial charge >= 0.3 is 0 Å². The van der Waals surface area contributed by atoms with Gasteiger partial charge < -0.3 is 10.5 Å². The average molecular weight is 245 g/mol. The Bertz CT molecular complexity index is 249. The van der Waals surface area contributed by atoms with Crippen LogP contribution < -0.4 is 5.73 Å². The van der Waals surface area contributed by atoms with Crippen LogP contribution in [0.2, 0.25) is 0 Å². The Labute approximate surface area is 100 Å². The Kier molecular flexibility index (Phi) is 6.32. The summed E-state index contributed by atoms with van der Waals surface area (Å²) in [4.78, 5) is 0. The second-order valence-corrected chi connectivity index (χ2v) is 5.58. The van der Waals surface area contributed by atoms with Crippen molar-refractivity contribution in [2.24, 2.45) is 5.73 Å². The van der Waals surface area contributed by atoms with Gasteiger partial charge in [0.2, 0.25) is 0 Å². The number of hydrogen-bond donors (Lipinski definition) is 1. The molecular formula is C11H19NOS2. The van der Waals surface area contributed by atoms with E-state index >= 15 is 0 Å². The zero-order valence-electron chi connectivity index (χ0n) is 9.31. The van der Waals surface area contributed by atoms with Crippen LogP contribution in [-0.2, 0) is 4.74 Å². The van der Waals surface area contributed by atoms with E-state index in [0.717, 1.165) is 18.8 Å². The standard InChI is InChI=1S/C11H19NOS2/c1-9(12)11(10-4-7-14-8-10)15-6-3-5-13-2/h4,7-9,11H,3,5-6,12H2,1-2H3. The summed E-state index contributed by atoms with van der Waals surface area (Å²) < 4.78 is 5.03. The summed E-state index contributed by atoms with van der Waals surface area (Å²) in [6, 6.07) is 2.37. The SMILES string of the molecule is COCCCSC(c1ccsc1)C(C)N. The number of rotatable bonds is 7. The van der Waals surface area contributed by atoms with Gasteiger partial charge in [-0.3, -0.25) is 0 Å².